The molecule has 2 aromatic rings. The summed E-state index contributed by atoms with van der Waals surface area (Å²) in [6, 6.07) is 13.5. The van der Waals surface area contributed by atoms with E-state index in [1.165, 1.54) is 0 Å². The molecule has 0 bridgehead atoms. The van der Waals surface area contributed by atoms with Gasteiger partial charge < -0.3 is 15.0 Å². The molecule has 130 valence electrons. The zero-order valence-electron chi connectivity index (χ0n) is 14.5. The lowest BCUT2D eigenvalue weighted by Gasteiger charge is -2.15. The number of carbonyl (C=O) groups excluding carboxylic acids is 2. The maximum Gasteiger partial charge on any atom is 0.224 e. The van der Waals surface area contributed by atoms with Crippen molar-refractivity contribution < 1.29 is 14.3 Å². The summed E-state index contributed by atoms with van der Waals surface area (Å²) in [6.07, 6.45) is 1.92. The highest BCUT2D eigenvalue weighted by Gasteiger charge is 2.22. The van der Waals surface area contributed by atoms with Crippen molar-refractivity contribution in [3.63, 3.8) is 0 Å². The van der Waals surface area contributed by atoms with Gasteiger partial charge in [0, 0.05) is 31.3 Å². The normalized spacial score (nSPS) is 12.6. The van der Waals surface area contributed by atoms with Crippen molar-refractivity contribution in [3.8, 4) is 5.75 Å². The first-order valence-electron chi connectivity index (χ1n) is 8.40. The smallest absolute Gasteiger partial charge is 0.224 e. The van der Waals surface area contributed by atoms with Crippen molar-refractivity contribution in [1.29, 1.82) is 0 Å². The molecule has 0 saturated heterocycles. The largest absolute Gasteiger partial charge is 0.497 e. The van der Waals surface area contributed by atoms with Gasteiger partial charge in [0.1, 0.15) is 5.75 Å². The standard InChI is InChI=1S/C20H22N2O3/c1-14(23)22-12-11-16-13-17(6-9-19(16)22)21-20(24)10-5-15-3-7-18(25-2)8-4-15/h3-4,6-9,13H,5,10-12H2,1-2H3,(H,21,24). The van der Waals surface area contributed by atoms with Crippen LogP contribution in [0.25, 0.3) is 0 Å². The van der Waals surface area contributed by atoms with Crippen molar-refractivity contribution in [2.24, 2.45) is 0 Å². The number of hydrogen-bond acceptors (Lipinski definition) is 3. The maximum atomic E-state index is 12.2. The van der Waals surface area contributed by atoms with Gasteiger partial charge in [-0.05, 0) is 54.3 Å². The minimum absolute atomic E-state index is 0.0165. The number of aryl methyl sites for hydroxylation is 1. The maximum absolute atomic E-state index is 12.2. The molecule has 0 atom stereocenters. The molecule has 2 aromatic carbocycles. The fourth-order valence-electron chi connectivity index (χ4n) is 3.08. The second-order valence-electron chi connectivity index (χ2n) is 6.16. The fourth-order valence-corrected chi connectivity index (χ4v) is 3.08. The Bertz CT molecular complexity index is 784. The summed E-state index contributed by atoms with van der Waals surface area (Å²) >= 11 is 0. The molecule has 5 heteroatoms. The average molecular weight is 338 g/mol. The van der Waals surface area contributed by atoms with Crippen LogP contribution in [0, 0.1) is 0 Å². The highest BCUT2D eigenvalue weighted by Crippen LogP contribution is 2.30. The van der Waals surface area contributed by atoms with Crippen LogP contribution in [0.2, 0.25) is 0 Å². The van der Waals surface area contributed by atoms with Crippen LogP contribution >= 0.6 is 0 Å². The number of ether oxygens (including phenoxy) is 1. The van der Waals surface area contributed by atoms with E-state index in [4.69, 9.17) is 4.74 Å². The molecule has 0 spiro atoms. The number of hydrogen-bond donors (Lipinski definition) is 1. The van der Waals surface area contributed by atoms with Crippen LogP contribution in [0.4, 0.5) is 11.4 Å². The SMILES string of the molecule is COc1ccc(CCC(=O)Nc2ccc3c(c2)CCN3C(C)=O)cc1. The van der Waals surface area contributed by atoms with E-state index in [1.54, 1.807) is 18.9 Å². The van der Waals surface area contributed by atoms with Crippen molar-refractivity contribution in [2.75, 3.05) is 23.9 Å². The number of fused-ring (bicyclic) bond motifs is 1. The third-order valence-electron chi connectivity index (χ3n) is 4.44. The van der Waals surface area contributed by atoms with Gasteiger partial charge in [-0.15, -0.1) is 0 Å². The molecular formula is C20H22N2O3. The first-order chi connectivity index (χ1) is 12.1. The molecule has 0 aromatic heterocycles. The molecule has 1 heterocycles. The Kier molecular flexibility index (Phi) is 5.03. The fraction of sp³-hybridized carbons (Fsp3) is 0.300. The van der Waals surface area contributed by atoms with Crippen molar-refractivity contribution in [2.45, 2.75) is 26.2 Å². The van der Waals surface area contributed by atoms with Gasteiger partial charge >= 0.3 is 0 Å². The van der Waals surface area contributed by atoms with E-state index in [0.717, 1.165) is 34.7 Å². The summed E-state index contributed by atoms with van der Waals surface area (Å²) in [5.74, 6) is 0.846. The first kappa shape index (κ1) is 17.0. The number of carbonyl (C=O) groups is 2. The van der Waals surface area contributed by atoms with Gasteiger partial charge in [-0.3, -0.25) is 9.59 Å². The topological polar surface area (TPSA) is 58.6 Å². The second kappa shape index (κ2) is 7.38. The lowest BCUT2D eigenvalue weighted by atomic mass is 10.1. The molecule has 1 N–H and O–H groups in total. The van der Waals surface area contributed by atoms with Crippen LogP contribution in [0.5, 0.6) is 5.75 Å². The summed E-state index contributed by atoms with van der Waals surface area (Å²) < 4.78 is 5.13. The predicted molar refractivity (Wildman–Crippen MR) is 98.1 cm³/mol. The van der Waals surface area contributed by atoms with Crippen LogP contribution in [-0.4, -0.2) is 25.5 Å². The molecule has 5 nitrogen and oxygen atoms in total. The van der Waals surface area contributed by atoms with E-state index in [2.05, 4.69) is 5.32 Å². The lowest BCUT2D eigenvalue weighted by Crippen LogP contribution is -2.25. The molecule has 25 heavy (non-hydrogen) atoms. The molecule has 1 aliphatic heterocycles. The summed E-state index contributed by atoms with van der Waals surface area (Å²) in [5, 5.41) is 2.94. The summed E-state index contributed by atoms with van der Waals surface area (Å²) in [6.45, 7) is 2.28. The van der Waals surface area contributed by atoms with Crippen molar-refractivity contribution >= 4 is 23.2 Å². The van der Waals surface area contributed by atoms with Crippen molar-refractivity contribution in [3.05, 3.63) is 53.6 Å². The molecule has 0 unspecified atom stereocenters. The summed E-state index contributed by atoms with van der Waals surface area (Å²) in [5.41, 5.74) is 3.93. The minimum atomic E-state index is -0.0165. The van der Waals surface area contributed by atoms with Crippen LogP contribution in [0.1, 0.15) is 24.5 Å². The van der Waals surface area contributed by atoms with Crippen LogP contribution in [0.3, 0.4) is 0 Å². The van der Waals surface area contributed by atoms with Crippen LogP contribution < -0.4 is 15.0 Å². The van der Waals surface area contributed by atoms with Crippen molar-refractivity contribution in [1.82, 2.24) is 0 Å². The van der Waals surface area contributed by atoms with Gasteiger partial charge in [0.2, 0.25) is 11.8 Å². The van der Waals surface area contributed by atoms with E-state index in [9.17, 15) is 9.59 Å². The molecule has 2 amide bonds. The van der Waals surface area contributed by atoms with E-state index < -0.39 is 0 Å². The van der Waals surface area contributed by atoms with E-state index in [1.807, 2.05) is 42.5 Å². The Hall–Kier alpha value is -2.82. The summed E-state index contributed by atoms with van der Waals surface area (Å²) in [7, 11) is 1.63. The molecule has 0 aliphatic carbocycles. The van der Waals surface area contributed by atoms with Gasteiger partial charge in [0.15, 0.2) is 0 Å². The third-order valence-corrected chi connectivity index (χ3v) is 4.44. The number of methoxy groups -OCH3 is 1. The Labute approximate surface area is 147 Å². The Morgan fingerprint density at radius 1 is 1.16 bits per heavy atom. The number of benzene rings is 2. The molecule has 0 fully saturated rings. The number of nitrogens with zero attached hydrogens (tertiary/aromatic N) is 1. The third kappa shape index (κ3) is 3.99. The zero-order chi connectivity index (χ0) is 17.8. The predicted octanol–water partition coefficient (Wildman–Crippen LogP) is 3.18. The lowest BCUT2D eigenvalue weighted by molar-refractivity contribution is -0.117. The highest BCUT2D eigenvalue weighted by molar-refractivity contribution is 5.95. The van der Waals surface area contributed by atoms with Crippen LogP contribution in [0.15, 0.2) is 42.5 Å². The van der Waals surface area contributed by atoms with Gasteiger partial charge in [-0.1, -0.05) is 12.1 Å². The number of anilines is 2. The number of rotatable bonds is 5. The minimum Gasteiger partial charge on any atom is -0.497 e. The van der Waals surface area contributed by atoms with E-state index in [-0.39, 0.29) is 11.8 Å². The highest BCUT2D eigenvalue weighted by atomic mass is 16.5. The second-order valence-corrected chi connectivity index (χ2v) is 6.16. The number of amides is 2. The first-order valence-corrected chi connectivity index (χ1v) is 8.40. The van der Waals surface area contributed by atoms with Gasteiger partial charge in [0.25, 0.3) is 0 Å². The van der Waals surface area contributed by atoms with Gasteiger partial charge in [-0.2, -0.15) is 0 Å². The molecule has 0 radical (unpaired) electrons. The molecule has 3 rings (SSSR count). The van der Waals surface area contributed by atoms with E-state index >= 15 is 0 Å². The summed E-state index contributed by atoms with van der Waals surface area (Å²) in [4.78, 5) is 25.5. The monoisotopic (exact) mass is 338 g/mol. The molecule has 1 aliphatic rings. The Morgan fingerprint density at radius 3 is 2.60 bits per heavy atom. The molecular weight excluding hydrogens is 316 g/mol. The van der Waals surface area contributed by atoms with Crippen LogP contribution in [-0.2, 0) is 22.4 Å². The number of nitrogens with one attached hydrogen (secondary N) is 1. The zero-order valence-corrected chi connectivity index (χ0v) is 14.5. The quantitative estimate of drug-likeness (QED) is 0.911. The average Bonchev–Trinajstić information content (AvgIpc) is 3.04. The Morgan fingerprint density at radius 2 is 1.92 bits per heavy atom. The molecule has 0 saturated carbocycles. The van der Waals surface area contributed by atoms with E-state index in [0.29, 0.717) is 19.4 Å². The van der Waals surface area contributed by atoms with Gasteiger partial charge in [-0.25, -0.2) is 0 Å². The Balaban J connectivity index is 1.57. The van der Waals surface area contributed by atoms with Gasteiger partial charge in [0.05, 0.1) is 7.11 Å².